The third-order valence-electron chi connectivity index (χ3n) is 12.1. The van der Waals surface area contributed by atoms with Crippen LogP contribution in [0, 0.1) is 29.5 Å². The molecule has 6 atom stereocenters. The highest BCUT2D eigenvalue weighted by molar-refractivity contribution is 6.32. The number of ketones is 3. The molecule has 3 aliphatic carbocycles. The Kier molecular flexibility index (Phi) is 8.15. The smallest absolute Gasteiger partial charge is 0.238 e. The van der Waals surface area contributed by atoms with Crippen LogP contribution in [0.5, 0.6) is 5.75 Å². The van der Waals surface area contributed by atoms with Crippen LogP contribution in [-0.4, -0.2) is 34.3 Å². The first-order valence-electron chi connectivity index (χ1n) is 18.4. The number of phenolic OH excluding ortho intramolecular Hbond substituents is 1. The summed E-state index contributed by atoms with van der Waals surface area (Å²) >= 11 is 0. The Hall–Kier alpha value is -6.54. The molecular formula is C47H34FNO6. The fraction of sp³-hybridized carbons (Fsp3) is 0.170. The molecule has 2 fully saturated rings. The van der Waals surface area contributed by atoms with Crippen molar-refractivity contribution >= 4 is 40.4 Å². The lowest BCUT2D eigenvalue weighted by atomic mass is 9.44. The maximum atomic E-state index is 15.3. The number of rotatable bonds is 6. The molecule has 55 heavy (non-hydrogen) atoms. The molecule has 4 aliphatic rings. The molecule has 0 aromatic heterocycles. The number of fused-ring (bicyclic) bond motifs is 4. The van der Waals surface area contributed by atoms with Crippen LogP contribution in [0.25, 0.3) is 5.57 Å². The summed E-state index contributed by atoms with van der Waals surface area (Å²) in [5.41, 5.74) is 2.25. The third-order valence-corrected chi connectivity index (χ3v) is 12.1. The maximum absolute atomic E-state index is 15.3. The Balaban J connectivity index is 1.17. The van der Waals surface area contributed by atoms with E-state index in [1.54, 1.807) is 91.0 Å². The first kappa shape index (κ1) is 34.2. The van der Waals surface area contributed by atoms with E-state index in [4.69, 9.17) is 0 Å². The number of halogens is 1. The highest BCUT2D eigenvalue weighted by Crippen LogP contribution is 2.63. The van der Waals surface area contributed by atoms with E-state index in [0.717, 1.165) is 0 Å². The van der Waals surface area contributed by atoms with E-state index >= 15 is 14.0 Å². The fourth-order valence-corrected chi connectivity index (χ4v) is 9.72. The van der Waals surface area contributed by atoms with E-state index in [1.807, 2.05) is 36.4 Å². The summed E-state index contributed by atoms with van der Waals surface area (Å²) in [6.07, 6.45) is 3.62. The number of allylic oxidation sites excluding steroid dienone is 4. The Bertz CT molecular complexity index is 2480. The van der Waals surface area contributed by atoms with Gasteiger partial charge in [0.25, 0.3) is 0 Å². The van der Waals surface area contributed by atoms with E-state index in [9.17, 15) is 19.5 Å². The van der Waals surface area contributed by atoms with Gasteiger partial charge in [0.15, 0.2) is 28.9 Å². The molecule has 1 saturated heterocycles. The second-order valence-electron chi connectivity index (χ2n) is 14.8. The minimum absolute atomic E-state index is 0.102. The molecular weight excluding hydrogens is 694 g/mol. The van der Waals surface area contributed by atoms with Crippen LogP contribution in [0.15, 0.2) is 151 Å². The Labute approximate surface area is 316 Å². The van der Waals surface area contributed by atoms with Gasteiger partial charge in [-0.1, -0.05) is 109 Å². The zero-order chi connectivity index (χ0) is 38.0. The predicted octanol–water partition coefficient (Wildman–Crippen LogP) is 7.79. The van der Waals surface area contributed by atoms with E-state index in [0.29, 0.717) is 39.1 Å². The number of amides is 2. The SMILES string of the molecule is O=C(c1ccccc1)c1ccc(N2C(=O)C3CC=C4C(CC5C(=O)C(c6ccccc6)=CC(=O)C5(c5ccccc5)C4c4ccc(O)c(F)c4)C3C2=O)cc1. The minimum Gasteiger partial charge on any atom is -0.505 e. The number of aromatic hydroxyl groups is 1. The molecule has 270 valence electrons. The van der Waals surface area contributed by atoms with Crippen LogP contribution in [0.1, 0.15) is 51.4 Å². The van der Waals surface area contributed by atoms with Gasteiger partial charge in [-0.3, -0.25) is 28.9 Å². The number of benzene rings is 5. The first-order valence-corrected chi connectivity index (χ1v) is 18.4. The summed E-state index contributed by atoms with van der Waals surface area (Å²) in [7, 11) is 0. The predicted molar refractivity (Wildman–Crippen MR) is 203 cm³/mol. The molecule has 1 heterocycles. The summed E-state index contributed by atoms with van der Waals surface area (Å²) in [4.78, 5) is 73.3. The molecule has 5 aromatic carbocycles. The van der Waals surface area contributed by atoms with Gasteiger partial charge in [-0.05, 0) is 77.9 Å². The lowest BCUT2D eigenvalue weighted by Gasteiger charge is -2.55. The van der Waals surface area contributed by atoms with E-state index in [2.05, 4.69) is 0 Å². The van der Waals surface area contributed by atoms with Gasteiger partial charge in [0.05, 0.1) is 22.9 Å². The first-order chi connectivity index (χ1) is 26.7. The molecule has 8 heteroatoms. The Morgan fingerprint density at radius 3 is 2.04 bits per heavy atom. The summed E-state index contributed by atoms with van der Waals surface area (Å²) < 4.78 is 15.3. The molecule has 1 saturated carbocycles. The zero-order valence-corrected chi connectivity index (χ0v) is 29.5. The topological polar surface area (TPSA) is 109 Å². The molecule has 1 N–H and O–H groups in total. The van der Waals surface area contributed by atoms with Crippen LogP contribution in [0.4, 0.5) is 10.1 Å². The van der Waals surface area contributed by atoms with Crippen LogP contribution < -0.4 is 4.90 Å². The second-order valence-corrected chi connectivity index (χ2v) is 14.8. The van der Waals surface area contributed by atoms with Crippen LogP contribution in [0.2, 0.25) is 0 Å². The number of carbonyl (C=O) groups excluding carboxylic acids is 5. The molecule has 7 nitrogen and oxygen atoms in total. The van der Waals surface area contributed by atoms with E-state index in [-0.39, 0.29) is 41.7 Å². The highest BCUT2D eigenvalue weighted by Gasteiger charge is 2.66. The molecule has 0 radical (unpaired) electrons. The highest BCUT2D eigenvalue weighted by atomic mass is 19.1. The number of carbonyl (C=O) groups is 5. The maximum Gasteiger partial charge on any atom is 0.238 e. The van der Waals surface area contributed by atoms with E-state index in [1.165, 1.54) is 23.1 Å². The van der Waals surface area contributed by atoms with Gasteiger partial charge in [-0.2, -0.15) is 0 Å². The summed E-state index contributed by atoms with van der Waals surface area (Å²) in [6, 6.07) is 37.3. The van der Waals surface area contributed by atoms with Crippen molar-refractivity contribution < 1.29 is 33.5 Å². The Morgan fingerprint density at radius 2 is 1.36 bits per heavy atom. The van der Waals surface area contributed by atoms with Crippen molar-refractivity contribution in [3.8, 4) is 5.75 Å². The molecule has 0 bridgehead atoms. The number of hydrogen-bond acceptors (Lipinski definition) is 6. The summed E-state index contributed by atoms with van der Waals surface area (Å²) in [5, 5.41) is 10.2. The molecule has 5 aromatic rings. The van der Waals surface area contributed by atoms with Gasteiger partial charge in [-0.25, -0.2) is 4.39 Å². The summed E-state index contributed by atoms with van der Waals surface area (Å²) in [5.74, 6) is -7.13. The van der Waals surface area contributed by atoms with E-state index < -0.39 is 52.5 Å². The minimum atomic E-state index is -1.51. The number of imide groups is 1. The van der Waals surface area contributed by atoms with Crippen molar-refractivity contribution in [2.45, 2.75) is 24.2 Å². The average Bonchev–Trinajstić information content (AvgIpc) is 3.48. The quantitative estimate of drug-likeness (QED) is 0.109. The van der Waals surface area contributed by atoms with Gasteiger partial charge in [0, 0.05) is 28.5 Å². The van der Waals surface area contributed by atoms with Gasteiger partial charge in [0.2, 0.25) is 11.8 Å². The van der Waals surface area contributed by atoms with Crippen molar-refractivity contribution in [3.05, 3.63) is 185 Å². The fourth-order valence-electron chi connectivity index (χ4n) is 9.72. The van der Waals surface area contributed by atoms with Crippen LogP contribution in [0.3, 0.4) is 0 Å². The van der Waals surface area contributed by atoms with Gasteiger partial charge in [-0.15, -0.1) is 0 Å². The molecule has 6 unspecified atom stereocenters. The Morgan fingerprint density at radius 1 is 0.727 bits per heavy atom. The normalized spacial score (nSPS) is 25.8. The van der Waals surface area contributed by atoms with Crippen LogP contribution >= 0.6 is 0 Å². The summed E-state index contributed by atoms with van der Waals surface area (Å²) in [6.45, 7) is 0. The van der Waals surface area contributed by atoms with Gasteiger partial charge in [0.1, 0.15) is 0 Å². The van der Waals surface area contributed by atoms with Crippen molar-refractivity contribution in [2.24, 2.45) is 23.7 Å². The lowest BCUT2D eigenvalue weighted by molar-refractivity contribution is -0.135. The molecule has 9 rings (SSSR count). The molecule has 2 amide bonds. The average molecular weight is 728 g/mol. The monoisotopic (exact) mass is 727 g/mol. The van der Waals surface area contributed by atoms with Crippen molar-refractivity contribution in [1.82, 2.24) is 0 Å². The van der Waals surface area contributed by atoms with Gasteiger partial charge < -0.3 is 5.11 Å². The zero-order valence-electron chi connectivity index (χ0n) is 29.5. The lowest BCUT2D eigenvalue weighted by Crippen LogP contribution is -2.58. The second kappa shape index (κ2) is 13.1. The van der Waals surface area contributed by atoms with Crippen molar-refractivity contribution in [2.75, 3.05) is 4.90 Å². The number of Topliss-reactive ketones (excluding diaryl/α,β-unsaturated/α-hetero) is 1. The number of anilines is 1. The number of phenols is 1. The molecule has 1 aliphatic heterocycles. The number of nitrogens with zero attached hydrogens (tertiary/aromatic N) is 1. The largest absolute Gasteiger partial charge is 0.505 e. The third kappa shape index (κ3) is 5.19. The van der Waals surface area contributed by atoms with Gasteiger partial charge >= 0.3 is 0 Å². The van der Waals surface area contributed by atoms with Crippen molar-refractivity contribution in [3.63, 3.8) is 0 Å². The van der Waals surface area contributed by atoms with Crippen LogP contribution in [-0.2, 0) is 24.6 Å². The molecule has 0 spiro atoms. The van der Waals surface area contributed by atoms with Crippen molar-refractivity contribution in [1.29, 1.82) is 0 Å². The number of hydrogen-bond donors (Lipinski definition) is 1. The standard InChI is InChI=1S/C47H34FNO6/c48-38-24-30(18-23-39(38)50)42-33-21-22-34-41(46(55)49(45(34)54)32-19-16-29(17-20-32)43(52)28-12-6-2-7-13-28)36(33)25-37-44(53)35(27-10-4-1-5-11-27)26-40(51)47(37,42)31-14-8-3-9-15-31/h1-21,23-24,26,34,36-37,41-42,50H,22,25H2.